The molecule has 2 saturated heterocycles. The Labute approximate surface area is 427 Å². The minimum Gasteiger partial charge on any atom is -0.480 e. The molecule has 0 aromatic carbocycles. The van der Waals surface area contributed by atoms with Gasteiger partial charge in [-0.25, -0.2) is 4.79 Å². The van der Waals surface area contributed by atoms with E-state index in [1.54, 1.807) is 13.8 Å². The van der Waals surface area contributed by atoms with Crippen molar-refractivity contribution in [3.63, 3.8) is 0 Å². The number of nitrogens with zero attached hydrogens (tertiary/aromatic N) is 2. The molecule has 412 valence electrons. The first-order valence-corrected chi connectivity index (χ1v) is 25.3. The number of nitrogens with one attached hydrogen (secondary N) is 7. The number of rotatable bonds is 30. The van der Waals surface area contributed by atoms with Crippen LogP contribution in [0.25, 0.3) is 0 Å². The molecule has 11 amide bonds. The summed E-state index contributed by atoms with van der Waals surface area (Å²) in [6, 6.07) is -10.3. The third kappa shape index (κ3) is 20.9. The lowest BCUT2D eigenvalue weighted by Crippen LogP contribution is -2.60. The maximum absolute atomic E-state index is 14.3. The molecule has 2 rings (SSSR count). The van der Waals surface area contributed by atoms with Gasteiger partial charge < -0.3 is 69.3 Å². The molecule has 2 aliphatic heterocycles. The number of carbonyl (C=O) groups is 12. The topological polar surface area (TPSA) is 394 Å². The average molecular weight is 1040 g/mol. The number of aliphatic carboxylic acids is 1. The number of amides is 11. The zero-order valence-electron chi connectivity index (χ0n) is 43.9. The van der Waals surface area contributed by atoms with Gasteiger partial charge in [-0.15, -0.1) is 0 Å². The molecule has 73 heavy (non-hydrogen) atoms. The highest BCUT2D eigenvalue weighted by Crippen LogP contribution is 2.23. The van der Waals surface area contributed by atoms with E-state index in [1.807, 2.05) is 41.5 Å². The van der Waals surface area contributed by atoms with Gasteiger partial charge in [-0.2, -0.15) is 0 Å². The number of carboxylic acid groups (broad SMARTS) is 1. The fourth-order valence-corrected chi connectivity index (χ4v) is 8.64. The predicted octanol–water partition coefficient (Wildman–Crippen LogP) is -2.25. The van der Waals surface area contributed by atoms with Crippen molar-refractivity contribution in [3.05, 3.63) is 0 Å². The highest BCUT2D eigenvalue weighted by Gasteiger charge is 2.42. The van der Waals surface area contributed by atoms with Crippen molar-refractivity contribution in [1.82, 2.24) is 47.0 Å². The van der Waals surface area contributed by atoms with Gasteiger partial charge in [0.15, 0.2) is 0 Å². The molecule has 25 nitrogen and oxygen atoms in total. The lowest BCUT2D eigenvalue weighted by atomic mass is 9.99. The van der Waals surface area contributed by atoms with Gasteiger partial charge >= 0.3 is 5.97 Å². The summed E-state index contributed by atoms with van der Waals surface area (Å²) in [6.45, 7) is 15.5. The molecule has 25 heteroatoms. The molecular formula is C48H82N12O13. The van der Waals surface area contributed by atoms with Gasteiger partial charge in [-0.3, -0.25) is 52.7 Å². The summed E-state index contributed by atoms with van der Waals surface area (Å²) in [6.07, 6.45) is 1.03. The summed E-state index contributed by atoms with van der Waals surface area (Å²) in [7, 11) is 0. The summed E-state index contributed by atoms with van der Waals surface area (Å²) in [5.41, 5.74) is 16.4. The summed E-state index contributed by atoms with van der Waals surface area (Å²) in [5, 5.41) is 27.6. The lowest BCUT2D eigenvalue weighted by molar-refractivity contribution is -0.145. The second-order valence-electron chi connectivity index (χ2n) is 20.7. The van der Waals surface area contributed by atoms with E-state index in [9.17, 15) is 62.6 Å². The summed E-state index contributed by atoms with van der Waals surface area (Å²) in [4.78, 5) is 159. The van der Waals surface area contributed by atoms with E-state index in [1.165, 1.54) is 16.7 Å². The van der Waals surface area contributed by atoms with Crippen LogP contribution in [0.1, 0.15) is 133 Å². The van der Waals surface area contributed by atoms with Crippen LogP contribution >= 0.6 is 0 Å². The van der Waals surface area contributed by atoms with Gasteiger partial charge in [0.2, 0.25) is 65.0 Å². The first kappa shape index (κ1) is 62.7. The SMILES string of the molecule is CC(C)C[C@H](NC(=O)[C@H](C)NC(=O)[C@@H]1CCCN1C(=O)[C@H](CC(C)C)NC(=O)[C@@H](NC(=O)CNC(=O)[C@H](CCC(N)=O)NC(=O)[C@@H](N)CC(C)C)C(C)C)C(=O)N1CCC[C@H]1C(=O)N[C@@H](CCC(N)=O)C(=O)O. The largest absolute Gasteiger partial charge is 0.480 e. The third-order valence-electron chi connectivity index (χ3n) is 12.4. The fourth-order valence-electron chi connectivity index (χ4n) is 8.64. The molecule has 0 aromatic heterocycles. The summed E-state index contributed by atoms with van der Waals surface area (Å²) >= 11 is 0. The van der Waals surface area contributed by atoms with Crippen molar-refractivity contribution in [1.29, 1.82) is 0 Å². The normalized spacial score (nSPS) is 18.4. The van der Waals surface area contributed by atoms with E-state index < -0.39 is 138 Å². The number of hydrogen-bond donors (Lipinski definition) is 11. The molecule has 9 atom stereocenters. The molecule has 0 bridgehead atoms. The predicted molar refractivity (Wildman–Crippen MR) is 265 cm³/mol. The molecule has 2 aliphatic rings. The Morgan fingerprint density at radius 1 is 0.534 bits per heavy atom. The van der Waals surface area contributed by atoms with Gasteiger partial charge in [0.1, 0.15) is 48.3 Å². The van der Waals surface area contributed by atoms with Crippen LogP contribution in [-0.4, -0.2) is 160 Å². The van der Waals surface area contributed by atoms with Gasteiger partial charge in [0.25, 0.3) is 0 Å². The van der Waals surface area contributed by atoms with Crippen LogP contribution in [-0.2, 0) is 57.5 Å². The molecule has 2 heterocycles. The molecule has 2 fully saturated rings. The van der Waals surface area contributed by atoms with Crippen LogP contribution in [0.4, 0.5) is 0 Å². The summed E-state index contributed by atoms with van der Waals surface area (Å²) < 4.78 is 0. The van der Waals surface area contributed by atoms with Crippen LogP contribution in [0.5, 0.6) is 0 Å². The van der Waals surface area contributed by atoms with Crippen molar-refractivity contribution in [3.8, 4) is 0 Å². The second-order valence-corrected chi connectivity index (χ2v) is 20.7. The lowest BCUT2D eigenvalue weighted by Gasteiger charge is -2.32. The average Bonchev–Trinajstić information content (AvgIpc) is 3.99. The van der Waals surface area contributed by atoms with E-state index in [0.29, 0.717) is 19.3 Å². The Balaban J connectivity index is 2.16. The number of carboxylic acids is 1. The quantitative estimate of drug-likeness (QED) is 0.0362. The van der Waals surface area contributed by atoms with Gasteiger partial charge in [-0.1, -0.05) is 55.4 Å². The molecular weight excluding hydrogens is 953 g/mol. The maximum Gasteiger partial charge on any atom is 0.326 e. The monoisotopic (exact) mass is 1030 g/mol. The van der Waals surface area contributed by atoms with Crippen LogP contribution in [0.15, 0.2) is 0 Å². The maximum atomic E-state index is 14.3. The molecule has 0 radical (unpaired) electrons. The zero-order chi connectivity index (χ0) is 55.4. The van der Waals surface area contributed by atoms with Crippen LogP contribution in [0.3, 0.4) is 0 Å². The van der Waals surface area contributed by atoms with Crippen LogP contribution in [0.2, 0.25) is 0 Å². The van der Waals surface area contributed by atoms with Crippen molar-refractivity contribution in [2.24, 2.45) is 40.9 Å². The first-order valence-electron chi connectivity index (χ1n) is 25.3. The Morgan fingerprint density at radius 3 is 1.41 bits per heavy atom. The molecule has 0 unspecified atom stereocenters. The Morgan fingerprint density at radius 2 is 0.973 bits per heavy atom. The number of likely N-dealkylation sites (tertiary alicyclic amines) is 2. The highest BCUT2D eigenvalue weighted by atomic mass is 16.4. The Bertz CT molecular complexity index is 2000. The molecule has 0 aliphatic carbocycles. The molecule has 0 saturated carbocycles. The highest BCUT2D eigenvalue weighted by molar-refractivity contribution is 5.98. The molecule has 0 spiro atoms. The smallest absolute Gasteiger partial charge is 0.326 e. The zero-order valence-corrected chi connectivity index (χ0v) is 43.9. The van der Waals surface area contributed by atoms with E-state index in [-0.39, 0.29) is 82.2 Å². The molecule has 14 N–H and O–H groups in total. The number of primary amides is 2. The third-order valence-corrected chi connectivity index (χ3v) is 12.4. The fraction of sp³-hybridized carbons (Fsp3) is 0.750. The van der Waals surface area contributed by atoms with E-state index in [0.717, 1.165) is 0 Å². The van der Waals surface area contributed by atoms with Crippen molar-refractivity contribution >= 4 is 70.9 Å². The number of carbonyl (C=O) groups excluding carboxylic acids is 11. The Hall–Kier alpha value is -6.40. The van der Waals surface area contributed by atoms with Gasteiger partial charge in [-0.05, 0) is 88.4 Å². The van der Waals surface area contributed by atoms with Gasteiger partial charge in [0.05, 0.1) is 12.6 Å². The Kier molecular flexibility index (Phi) is 25.7. The second kappa shape index (κ2) is 30.0. The minimum atomic E-state index is -1.42. The van der Waals surface area contributed by atoms with E-state index in [2.05, 4.69) is 37.2 Å². The summed E-state index contributed by atoms with van der Waals surface area (Å²) in [5.74, 6) is -9.63. The molecule has 0 aromatic rings. The van der Waals surface area contributed by atoms with Crippen LogP contribution < -0.4 is 54.4 Å². The van der Waals surface area contributed by atoms with Crippen molar-refractivity contribution in [2.75, 3.05) is 19.6 Å². The van der Waals surface area contributed by atoms with Crippen molar-refractivity contribution in [2.45, 2.75) is 187 Å². The van der Waals surface area contributed by atoms with E-state index >= 15 is 0 Å². The number of hydrogen-bond acceptors (Lipinski definition) is 13. The number of nitrogens with two attached hydrogens (primary N) is 3. The van der Waals surface area contributed by atoms with Crippen LogP contribution in [0, 0.1) is 23.7 Å². The van der Waals surface area contributed by atoms with E-state index in [4.69, 9.17) is 17.2 Å². The standard InChI is InChI=1S/C48H82N12O13/c1-24(2)20-29(49)41(65)54-30(14-16-36(50)61)42(66)52-23-38(63)58-39(27(7)8)45(69)57-33(22-26(5)6)47(71)59-18-10-12-34(59)43(67)53-28(9)40(64)56-32(21-25(3)4)46(70)60-19-11-13-35(60)44(68)55-31(48(72)73)15-17-37(51)62/h24-35,39H,10-23,49H2,1-9H3,(H2,50,61)(H2,51,62)(H,52,66)(H,53,67)(H,54,65)(H,55,68)(H,56,64)(H,57,69)(H,58,63)(H,72,73)/t28-,29-,30-,31-,32-,33-,34-,35-,39-/m0/s1. The van der Waals surface area contributed by atoms with Crippen molar-refractivity contribution < 1.29 is 62.6 Å². The first-order chi connectivity index (χ1) is 34.0. The minimum absolute atomic E-state index is 0.0831. The van der Waals surface area contributed by atoms with Gasteiger partial charge in [0, 0.05) is 25.9 Å².